The predicted octanol–water partition coefficient (Wildman–Crippen LogP) is 4.88. The maximum absolute atomic E-state index is 13.6. The Morgan fingerprint density at radius 2 is 1.78 bits per heavy atom. The van der Waals surface area contributed by atoms with Crippen LogP contribution in [0.4, 0.5) is 5.69 Å². The first-order valence-corrected chi connectivity index (χ1v) is 11.9. The molecular weight excluding hydrogens is 472 g/mol. The summed E-state index contributed by atoms with van der Waals surface area (Å²) >= 11 is 0. The molecule has 2 aliphatic rings. The van der Waals surface area contributed by atoms with Gasteiger partial charge >= 0.3 is 0 Å². The van der Waals surface area contributed by atoms with E-state index in [1.165, 1.54) is 12.0 Å². The van der Waals surface area contributed by atoms with Crippen LogP contribution in [0.5, 0.6) is 17.2 Å². The van der Waals surface area contributed by atoms with E-state index >= 15 is 0 Å². The van der Waals surface area contributed by atoms with Crippen LogP contribution in [0.2, 0.25) is 0 Å². The quantitative estimate of drug-likeness (QED) is 0.237. The number of aliphatic hydroxyl groups excluding tert-OH is 1. The van der Waals surface area contributed by atoms with Gasteiger partial charge in [0.05, 0.1) is 18.7 Å². The zero-order valence-electron chi connectivity index (χ0n) is 20.3. The van der Waals surface area contributed by atoms with Crippen molar-refractivity contribution in [2.45, 2.75) is 13.0 Å². The first kappa shape index (κ1) is 22.7. The number of para-hydroxylation sites is 1. The number of benzene rings is 3. The average molecular weight is 497 g/mol. The molecule has 1 saturated heterocycles. The molecule has 2 aliphatic heterocycles. The van der Waals surface area contributed by atoms with Gasteiger partial charge in [0.15, 0.2) is 11.5 Å². The number of hydrogen-bond donors (Lipinski definition) is 2. The molecular formula is C29H24N2O6. The lowest BCUT2D eigenvalue weighted by molar-refractivity contribution is -0.132. The highest BCUT2D eigenvalue weighted by Gasteiger charge is 2.48. The highest BCUT2D eigenvalue weighted by molar-refractivity contribution is 6.52. The third kappa shape index (κ3) is 3.60. The molecule has 1 amide bonds. The number of carbonyl (C=O) groups excluding carboxylic acids is 2. The van der Waals surface area contributed by atoms with Crippen molar-refractivity contribution >= 4 is 34.0 Å². The van der Waals surface area contributed by atoms with Crippen molar-refractivity contribution < 1.29 is 28.9 Å². The minimum Gasteiger partial charge on any atom is -0.507 e. The molecule has 0 aliphatic carbocycles. The van der Waals surface area contributed by atoms with E-state index in [1.54, 1.807) is 42.5 Å². The molecule has 0 radical (unpaired) electrons. The zero-order chi connectivity index (χ0) is 25.7. The van der Waals surface area contributed by atoms with Crippen molar-refractivity contribution in [3.8, 4) is 17.2 Å². The van der Waals surface area contributed by atoms with Crippen molar-refractivity contribution in [3.05, 3.63) is 89.1 Å². The average Bonchev–Trinajstić information content (AvgIpc) is 3.39. The minimum absolute atomic E-state index is 0.00245. The molecule has 0 saturated carbocycles. The number of aryl methyl sites for hydroxylation is 1. The summed E-state index contributed by atoms with van der Waals surface area (Å²) in [5, 5.41) is 12.4. The van der Waals surface area contributed by atoms with E-state index in [-0.39, 0.29) is 11.3 Å². The van der Waals surface area contributed by atoms with Crippen LogP contribution in [-0.4, -0.2) is 42.1 Å². The Balaban J connectivity index is 1.61. The van der Waals surface area contributed by atoms with Crippen LogP contribution in [0.25, 0.3) is 16.7 Å². The largest absolute Gasteiger partial charge is 0.507 e. The summed E-state index contributed by atoms with van der Waals surface area (Å²) in [4.78, 5) is 31.9. The lowest BCUT2D eigenvalue weighted by Gasteiger charge is -2.26. The number of amides is 1. The lowest BCUT2D eigenvalue weighted by Crippen LogP contribution is -2.29. The fraction of sp³-hybridized carbons (Fsp3) is 0.172. The molecule has 6 rings (SSSR count). The smallest absolute Gasteiger partial charge is 0.300 e. The second kappa shape index (κ2) is 8.74. The molecule has 186 valence electrons. The number of aromatic nitrogens is 1. The molecule has 1 atom stereocenters. The fourth-order valence-corrected chi connectivity index (χ4v) is 5.13. The number of aromatic amines is 1. The van der Waals surface area contributed by atoms with Crippen LogP contribution in [-0.2, 0) is 9.59 Å². The third-order valence-corrected chi connectivity index (χ3v) is 6.81. The van der Waals surface area contributed by atoms with E-state index in [4.69, 9.17) is 14.2 Å². The summed E-state index contributed by atoms with van der Waals surface area (Å²) in [6, 6.07) is 18.7. The standard InChI is InChI=1S/C29H24N2O6/c1-16-24(20-8-3-4-9-21(20)30-16)26-25(27(32)17-10-11-22-23(14-17)37-13-12-36-22)28(33)29(34)31(26)18-6-5-7-19(15-18)35-2/h3-11,14-15,26,30,32H,12-13H2,1-2H3/b27-25+. The van der Waals surface area contributed by atoms with Crippen molar-refractivity contribution in [1.29, 1.82) is 0 Å². The number of anilines is 1. The maximum Gasteiger partial charge on any atom is 0.300 e. The Hall–Kier alpha value is -4.72. The van der Waals surface area contributed by atoms with Gasteiger partial charge in [0.2, 0.25) is 0 Å². The molecule has 3 aromatic carbocycles. The summed E-state index contributed by atoms with van der Waals surface area (Å²) in [5.41, 5.74) is 3.22. The number of Topliss-reactive ketones (excluding diaryl/α,β-unsaturated/α-hetero) is 1. The molecule has 1 fully saturated rings. The zero-order valence-corrected chi connectivity index (χ0v) is 20.3. The van der Waals surface area contributed by atoms with E-state index in [1.807, 2.05) is 31.2 Å². The number of ether oxygens (including phenoxy) is 3. The van der Waals surface area contributed by atoms with Gasteiger partial charge in [-0.15, -0.1) is 0 Å². The number of ketones is 1. The molecule has 4 aromatic rings. The van der Waals surface area contributed by atoms with Gasteiger partial charge in [-0.3, -0.25) is 14.5 Å². The second-order valence-corrected chi connectivity index (χ2v) is 8.94. The molecule has 0 bridgehead atoms. The second-order valence-electron chi connectivity index (χ2n) is 8.94. The highest BCUT2D eigenvalue weighted by Crippen LogP contribution is 2.46. The molecule has 1 unspecified atom stereocenters. The molecule has 3 heterocycles. The van der Waals surface area contributed by atoms with Crippen LogP contribution in [0.15, 0.2) is 72.3 Å². The summed E-state index contributed by atoms with van der Waals surface area (Å²) in [7, 11) is 1.54. The minimum atomic E-state index is -0.878. The van der Waals surface area contributed by atoms with Gasteiger partial charge in [0, 0.05) is 39.5 Å². The van der Waals surface area contributed by atoms with Crippen LogP contribution in [0.3, 0.4) is 0 Å². The van der Waals surface area contributed by atoms with Gasteiger partial charge in [-0.1, -0.05) is 24.3 Å². The van der Waals surface area contributed by atoms with Crippen LogP contribution in [0.1, 0.15) is 22.9 Å². The molecule has 8 nitrogen and oxygen atoms in total. The number of rotatable bonds is 4. The van der Waals surface area contributed by atoms with E-state index in [0.717, 1.165) is 22.2 Å². The molecule has 1 aromatic heterocycles. The Labute approximate surface area is 212 Å². The van der Waals surface area contributed by atoms with Crippen molar-refractivity contribution in [2.24, 2.45) is 0 Å². The summed E-state index contributed by atoms with van der Waals surface area (Å²) < 4.78 is 16.6. The van der Waals surface area contributed by atoms with Crippen LogP contribution in [0, 0.1) is 6.92 Å². The van der Waals surface area contributed by atoms with Gasteiger partial charge in [0.1, 0.15) is 24.7 Å². The number of H-pyrrole nitrogens is 1. The van der Waals surface area contributed by atoms with E-state index < -0.39 is 17.7 Å². The summed E-state index contributed by atoms with van der Waals surface area (Å²) in [6.45, 7) is 2.71. The predicted molar refractivity (Wildman–Crippen MR) is 138 cm³/mol. The molecule has 2 N–H and O–H groups in total. The Morgan fingerprint density at radius 3 is 2.59 bits per heavy atom. The highest BCUT2D eigenvalue weighted by atomic mass is 16.6. The van der Waals surface area contributed by atoms with Crippen LogP contribution >= 0.6 is 0 Å². The number of nitrogens with one attached hydrogen (secondary N) is 1. The number of methoxy groups -OCH3 is 1. The van der Waals surface area contributed by atoms with Gasteiger partial charge in [-0.25, -0.2) is 0 Å². The lowest BCUT2D eigenvalue weighted by atomic mass is 9.93. The van der Waals surface area contributed by atoms with Crippen molar-refractivity contribution in [2.75, 3.05) is 25.2 Å². The Kier molecular flexibility index (Phi) is 5.37. The first-order valence-electron chi connectivity index (χ1n) is 11.9. The molecule has 8 heteroatoms. The van der Waals surface area contributed by atoms with Gasteiger partial charge in [-0.05, 0) is 43.3 Å². The fourth-order valence-electron chi connectivity index (χ4n) is 5.13. The molecule has 0 spiro atoms. The number of nitrogens with zero attached hydrogens (tertiary/aromatic N) is 1. The molecule has 37 heavy (non-hydrogen) atoms. The summed E-state index contributed by atoms with van der Waals surface area (Å²) in [5.74, 6) is -0.219. The van der Waals surface area contributed by atoms with E-state index in [2.05, 4.69) is 4.98 Å². The monoisotopic (exact) mass is 496 g/mol. The number of fused-ring (bicyclic) bond motifs is 2. The number of carbonyl (C=O) groups is 2. The summed E-state index contributed by atoms with van der Waals surface area (Å²) in [6.07, 6.45) is 0. The normalized spacial score (nSPS) is 18.4. The number of aliphatic hydroxyl groups is 1. The van der Waals surface area contributed by atoms with Gasteiger partial charge < -0.3 is 24.3 Å². The van der Waals surface area contributed by atoms with Crippen molar-refractivity contribution in [3.63, 3.8) is 0 Å². The van der Waals surface area contributed by atoms with E-state index in [9.17, 15) is 14.7 Å². The van der Waals surface area contributed by atoms with Gasteiger partial charge in [0.25, 0.3) is 11.7 Å². The van der Waals surface area contributed by atoms with E-state index in [0.29, 0.717) is 41.7 Å². The topological polar surface area (TPSA) is 101 Å². The Morgan fingerprint density at radius 1 is 1.00 bits per heavy atom. The SMILES string of the molecule is COc1cccc(N2C(=O)C(=O)/C(=C(/O)c3ccc4c(c3)OCCO4)C2c2c(C)[nH]c3ccccc23)c1. The van der Waals surface area contributed by atoms with Crippen molar-refractivity contribution in [1.82, 2.24) is 4.98 Å². The Bertz CT molecular complexity index is 1600. The van der Waals surface area contributed by atoms with Crippen LogP contribution < -0.4 is 19.1 Å². The maximum atomic E-state index is 13.6. The third-order valence-electron chi connectivity index (χ3n) is 6.81. The first-order chi connectivity index (χ1) is 18.0. The van der Waals surface area contributed by atoms with Gasteiger partial charge in [-0.2, -0.15) is 0 Å². The number of hydrogen-bond acceptors (Lipinski definition) is 6.